The van der Waals surface area contributed by atoms with Crippen molar-refractivity contribution in [2.75, 3.05) is 11.5 Å². The van der Waals surface area contributed by atoms with E-state index in [9.17, 15) is 0 Å². The largest absolute Gasteiger partial charge is 0.399 e. The number of benzene rings is 3. The highest BCUT2D eigenvalue weighted by Crippen LogP contribution is 2.49. The predicted molar refractivity (Wildman–Crippen MR) is 96.4 cm³/mol. The van der Waals surface area contributed by atoms with Crippen molar-refractivity contribution in [3.8, 4) is 0 Å². The summed E-state index contributed by atoms with van der Waals surface area (Å²) in [6.07, 6.45) is 2.16. The van der Waals surface area contributed by atoms with Crippen molar-refractivity contribution < 1.29 is 0 Å². The Kier molecular flexibility index (Phi) is 3.12. The van der Waals surface area contributed by atoms with Crippen LogP contribution in [0.3, 0.4) is 0 Å². The van der Waals surface area contributed by atoms with Crippen molar-refractivity contribution in [3.05, 3.63) is 95.1 Å². The molecule has 0 amide bonds. The topological polar surface area (TPSA) is 52.0 Å². The summed E-state index contributed by atoms with van der Waals surface area (Å²) in [5.41, 5.74) is 18.7. The molecule has 0 aromatic heterocycles. The minimum absolute atomic E-state index is 0.113. The second-order valence-electron chi connectivity index (χ2n) is 6.31. The van der Waals surface area contributed by atoms with Crippen LogP contribution < -0.4 is 11.5 Å². The van der Waals surface area contributed by atoms with Crippen LogP contribution in [-0.2, 0) is 11.8 Å². The van der Waals surface area contributed by atoms with E-state index in [1.165, 1.54) is 22.3 Å². The molecule has 3 aromatic carbocycles. The Labute approximate surface area is 136 Å². The smallest absolute Gasteiger partial charge is 0.0457 e. The monoisotopic (exact) mass is 300 g/mol. The van der Waals surface area contributed by atoms with Crippen molar-refractivity contribution in [2.24, 2.45) is 0 Å². The van der Waals surface area contributed by atoms with Crippen LogP contribution in [0.25, 0.3) is 0 Å². The molecule has 1 aliphatic rings. The van der Waals surface area contributed by atoms with Gasteiger partial charge in [0.2, 0.25) is 0 Å². The van der Waals surface area contributed by atoms with Gasteiger partial charge in [-0.3, -0.25) is 0 Å². The molecule has 4 N–H and O–H groups in total. The third-order valence-electron chi connectivity index (χ3n) is 5.05. The summed E-state index contributed by atoms with van der Waals surface area (Å²) >= 11 is 0. The summed E-state index contributed by atoms with van der Waals surface area (Å²) in [5.74, 6) is 0. The van der Waals surface area contributed by atoms with Crippen molar-refractivity contribution in [1.29, 1.82) is 0 Å². The van der Waals surface area contributed by atoms with Gasteiger partial charge in [-0.05, 0) is 59.4 Å². The molecule has 1 aliphatic carbocycles. The minimum atomic E-state index is -0.113. The molecule has 0 spiro atoms. The molecule has 0 fully saturated rings. The molecule has 0 saturated heterocycles. The first-order chi connectivity index (χ1) is 11.2. The minimum Gasteiger partial charge on any atom is -0.399 e. The van der Waals surface area contributed by atoms with Crippen LogP contribution in [0.15, 0.2) is 72.8 Å². The third-order valence-corrected chi connectivity index (χ3v) is 5.05. The SMILES string of the molecule is Nc1ccc(C2(c3ccc(N)cc3)CCc3ccccc32)cc1. The van der Waals surface area contributed by atoms with Crippen LogP contribution >= 0.6 is 0 Å². The Hall–Kier alpha value is -2.74. The molecule has 2 heteroatoms. The zero-order valence-electron chi connectivity index (χ0n) is 13.0. The Morgan fingerprint density at radius 1 is 0.652 bits per heavy atom. The first-order valence-corrected chi connectivity index (χ1v) is 8.00. The summed E-state index contributed by atoms with van der Waals surface area (Å²) in [7, 11) is 0. The molecule has 2 nitrogen and oxygen atoms in total. The number of rotatable bonds is 2. The van der Waals surface area contributed by atoms with Gasteiger partial charge in [0, 0.05) is 16.8 Å². The molecule has 114 valence electrons. The molecule has 4 rings (SSSR count). The molecule has 0 aliphatic heterocycles. The van der Waals surface area contributed by atoms with E-state index in [0.29, 0.717) is 0 Å². The molecule has 3 aromatic rings. The number of nitrogens with two attached hydrogens (primary N) is 2. The molecule has 0 bridgehead atoms. The van der Waals surface area contributed by atoms with Gasteiger partial charge in [-0.2, -0.15) is 0 Å². The van der Waals surface area contributed by atoms with Crippen LogP contribution in [0.2, 0.25) is 0 Å². The van der Waals surface area contributed by atoms with Crippen molar-refractivity contribution in [3.63, 3.8) is 0 Å². The van der Waals surface area contributed by atoms with Gasteiger partial charge in [0.1, 0.15) is 0 Å². The van der Waals surface area contributed by atoms with E-state index in [1.807, 2.05) is 24.3 Å². The average Bonchev–Trinajstić information content (AvgIpc) is 2.97. The summed E-state index contributed by atoms with van der Waals surface area (Å²) < 4.78 is 0. The number of aryl methyl sites for hydroxylation is 1. The van der Waals surface area contributed by atoms with Gasteiger partial charge in [0.25, 0.3) is 0 Å². The van der Waals surface area contributed by atoms with Crippen LogP contribution in [0.5, 0.6) is 0 Å². The van der Waals surface area contributed by atoms with Gasteiger partial charge in [0.05, 0.1) is 0 Å². The normalized spacial score (nSPS) is 15.3. The maximum Gasteiger partial charge on any atom is 0.0457 e. The Balaban J connectivity index is 1.99. The van der Waals surface area contributed by atoms with Crippen LogP contribution in [0.1, 0.15) is 28.7 Å². The fraction of sp³-hybridized carbons (Fsp3) is 0.143. The molecule has 0 radical (unpaired) electrons. The molecule has 0 heterocycles. The molecule has 0 atom stereocenters. The van der Waals surface area contributed by atoms with Crippen molar-refractivity contribution in [1.82, 2.24) is 0 Å². The van der Waals surface area contributed by atoms with E-state index in [0.717, 1.165) is 24.2 Å². The van der Waals surface area contributed by atoms with E-state index in [4.69, 9.17) is 11.5 Å². The van der Waals surface area contributed by atoms with Crippen LogP contribution in [0, 0.1) is 0 Å². The van der Waals surface area contributed by atoms with E-state index < -0.39 is 0 Å². The van der Waals surface area contributed by atoms with Crippen molar-refractivity contribution in [2.45, 2.75) is 18.3 Å². The third kappa shape index (κ3) is 2.10. The Morgan fingerprint density at radius 2 is 1.17 bits per heavy atom. The van der Waals surface area contributed by atoms with Gasteiger partial charge >= 0.3 is 0 Å². The Bertz CT molecular complexity index is 787. The van der Waals surface area contributed by atoms with Gasteiger partial charge in [0.15, 0.2) is 0 Å². The summed E-state index contributed by atoms with van der Waals surface area (Å²) in [4.78, 5) is 0. The van der Waals surface area contributed by atoms with Crippen LogP contribution in [-0.4, -0.2) is 0 Å². The molecule has 0 unspecified atom stereocenters. The number of nitrogen functional groups attached to an aromatic ring is 2. The highest BCUT2D eigenvalue weighted by molar-refractivity contribution is 5.59. The maximum absolute atomic E-state index is 5.91. The molecular formula is C21H20N2. The fourth-order valence-corrected chi connectivity index (χ4v) is 3.91. The zero-order valence-corrected chi connectivity index (χ0v) is 13.0. The fourth-order valence-electron chi connectivity index (χ4n) is 3.91. The molecule has 0 saturated carbocycles. The lowest BCUT2D eigenvalue weighted by Gasteiger charge is -2.32. The van der Waals surface area contributed by atoms with E-state index >= 15 is 0 Å². The van der Waals surface area contributed by atoms with Crippen LogP contribution in [0.4, 0.5) is 11.4 Å². The van der Waals surface area contributed by atoms with E-state index in [2.05, 4.69) is 48.5 Å². The zero-order chi connectivity index (χ0) is 15.9. The molecular weight excluding hydrogens is 280 g/mol. The van der Waals surface area contributed by atoms with Gasteiger partial charge in [-0.1, -0.05) is 48.5 Å². The lowest BCUT2D eigenvalue weighted by molar-refractivity contribution is 0.610. The second kappa shape index (κ2) is 5.17. The molecule has 23 heavy (non-hydrogen) atoms. The summed E-state index contributed by atoms with van der Waals surface area (Å²) in [5, 5.41) is 0. The maximum atomic E-state index is 5.91. The highest BCUT2D eigenvalue weighted by Gasteiger charge is 2.41. The lowest BCUT2D eigenvalue weighted by atomic mass is 9.70. The summed E-state index contributed by atoms with van der Waals surface area (Å²) in [6, 6.07) is 25.4. The Morgan fingerprint density at radius 3 is 1.74 bits per heavy atom. The number of anilines is 2. The van der Waals surface area contributed by atoms with Gasteiger partial charge < -0.3 is 11.5 Å². The predicted octanol–water partition coefficient (Wildman–Crippen LogP) is 4.13. The number of hydrogen-bond donors (Lipinski definition) is 2. The summed E-state index contributed by atoms with van der Waals surface area (Å²) in [6.45, 7) is 0. The number of hydrogen-bond acceptors (Lipinski definition) is 2. The average molecular weight is 300 g/mol. The van der Waals surface area contributed by atoms with Gasteiger partial charge in [-0.25, -0.2) is 0 Å². The van der Waals surface area contributed by atoms with Gasteiger partial charge in [-0.15, -0.1) is 0 Å². The first kappa shape index (κ1) is 13.9. The first-order valence-electron chi connectivity index (χ1n) is 8.00. The standard InChI is InChI=1S/C21H20N2/c22-18-9-5-16(6-10-18)21(17-7-11-19(23)12-8-17)14-13-15-3-1-2-4-20(15)21/h1-12H,13-14,22-23H2. The second-order valence-corrected chi connectivity index (χ2v) is 6.31. The van der Waals surface area contributed by atoms with E-state index in [1.54, 1.807) is 0 Å². The van der Waals surface area contributed by atoms with Crippen molar-refractivity contribution >= 4 is 11.4 Å². The number of fused-ring (bicyclic) bond motifs is 1. The van der Waals surface area contributed by atoms with E-state index in [-0.39, 0.29) is 5.41 Å². The quantitative estimate of drug-likeness (QED) is 0.699. The highest BCUT2D eigenvalue weighted by atomic mass is 14.6. The lowest BCUT2D eigenvalue weighted by Crippen LogP contribution is -2.26.